The van der Waals surface area contributed by atoms with E-state index in [0.29, 0.717) is 11.0 Å². The van der Waals surface area contributed by atoms with E-state index in [0.717, 1.165) is 12.1 Å². The smallest absolute Gasteiger partial charge is 0.243 e. The number of hydrogen-bond donors (Lipinski definition) is 2. The molecule has 0 bridgehead atoms. The summed E-state index contributed by atoms with van der Waals surface area (Å²) in [5.74, 6) is -0.839. The van der Waals surface area contributed by atoms with E-state index in [1.165, 1.54) is 0 Å². The van der Waals surface area contributed by atoms with E-state index >= 15 is 0 Å². The second-order valence-electron chi connectivity index (χ2n) is 6.03. The molecule has 3 N–H and O–H groups in total. The van der Waals surface area contributed by atoms with Crippen LogP contribution in [0.2, 0.25) is 0 Å². The molecule has 0 saturated heterocycles. The fourth-order valence-electron chi connectivity index (χ4n) is 2.03. The molecule has 0 saturated carbocycles. The predicted octanol–water partition coefficient (Wildman–Crippen LogP) is 2.04. The Kier molecular flexibility index (Phi) is 5.76. The first-order chi connectivity index (χ1) is 9.44. The number of hydrogen-bond acceptors (Lipinski definition) is 4. The molecule has 0 amide bonds. The molecule has 5 nitrogen and oxygen atoms in total. The summed E-state index contributed by atoms with van der Waals surface area (Å²) in [6.07, 6.45) is 0. The highest BCUT2D eigenvalue weighted by atomic mass is 79.9. The topological polar surface area (TPSA) is 75.4 Å². The van der Waals surface area contributed by atoms with Crippen molar-refractivity contribution < 1.29 is 12.8 Å². The molecule has 0 spiro atoms. The predicted molar refractivity (Wildman–Crippen MR) is 86.0 cm³/mol. The zero-order valence-electron chi connectivity index (χ0n) is 12.6. The van der Waals surface area contributed by atoms with Crippen molar-refractivity contribution in [3.63, 3.8) is 0 Å². The van der Waals surface area contributed by atoms with Gasteiger partial charge in [-0.25, -0.2) is 17.5 Å². The van der Waals surface area contributed by atoms with Crippen LogP contribution in [0, 0.1) is 11.2 Å². The van der Waals surface area contributed by atoms with Crippen LogP contribution < -0.4 is 10.5 Å². The van der Waals surface area contributed by atoms with Crippen LogP contribution >= 0.6 is 15.9 Å². The van der Waals surface area contributed by atoms with Crippen molar-refractivity contribution in [3.05, 3.63) is 22.4 Å². The summed E-state index contributed by atoms with van der Waals surface area (Å²) in [5, 5.41) is 0. The number of halogens is 2. The molecule has 0 aliphatic carbocycles. The molecule has 0 fully saturated rings. The van der Waals surface area contributed by atoms with Gasteiger partial charge in [-0.2, -0.15) is 0 Å². The Bertz CT molecular complexity index is 618. The molecule has 0 aromatic heterocycles. The summed E-state index contributed by atoms with van der Waals surface area (Å²) in [6, 6.07) is 2.16. The van der Waals surface area contributed by atoms with Crippen molar-refractivity contribution in [1.29, 1.82) is 0 Å². The van der Waals surface area contributed by atoms with Crippen molar-refractivity contribution in [3.8, 4) is 0 Å². The van der Waals surface area contributed by atoms with Crippen LogP contribution in [0.15, 0.2) is 21.5 Å². The molecule has 0 atom stereocenters. The van der Waals surface area contributed by atoms with E-state index in [1.54, 1.807) is 0 Å². The number of nitrogens with two attached hydrogens (primary N) is 1. The molecule has 0 aliphatic rings. The number of nitrogen functional groups attached to an aromatic ring is 1. The van der Waals surface area contributed by atoms with Gasteiger partial charge in [-0.3, -0.25) is 0 Å². The third kappa shape index (κ3) is 5.21. The normalized spacial score (nSPS) is 12.9. The van der Waals surface area contributed by atoms with Gasteiger partial charge in [-0.15, -0.1) is 0 Å². The zero-order valence-corrected chi connectivity index (χ0v) is 15.0. The summed E-state index contributed by atoms with van der Waals surface area (Å²) in [6.45, 7) is 4.76. The van der Waals surface area contributed by atoms with Crippen LogP contribution in [0.4, 0.5) is 10.1 Å². The molecular weight excluding hydrogens is 361 g/mol. The molecular formula is C13H21BrFN3O2S. The Balaban J connectivity index is 2.95. The fourth-order valence-corrected chi connectivity index (χ4v) is 3.68. The number of anilines is 1. The van der Waals surface area contributed by atoms with Crippen molar-refractivity contribution >= 4 is 31.6 Å². The highest BCUT2D eigenvalue weighted by Gasteiger charge is 2.25. The Morgan fingerprint density at radius 1 is 1.38 bits per heavy atom. The van der Waals surface area contributed by atoms with E-state index in [9.17, 15) is 12.8 Å². The number of nitrogens with zero attached hydrogens (tertiary/aromatic N) is 1. The zero-order chi connectivity index (χ0) is 16.4. The lowest BCUT2D eigenvalue weighted by Gasteiger charge is -2.28. The molecule has 0 radical (unpaired) electrons. The van der Waals surface area contributed by atoms with Crippen LogP contribution in [0.25, 0.3) is 0 Å². The molecule has 0 aliphatic heterocycles. The molecule has 1 rings (SSSR count). The third-order valence-corrected chi connectivity index (χ3v) is 4.93. The molecule has 120 valence electrons. The largest absolute Gasteiger partial charge is 0.398 e. The Morgan fingerprint density at radius 2 is 1.95 bits per heavy atom. The maximum atomic E-state index is 13.8. The summed E-state index contributed by atoms with van der Waals surface area (Å²) in [4.78, 5) is 1.52. The lowest BCUT2D eigenvalue weighted by atomic mass is 9.93. The van der Waals surface area contributed by atoms with Gasteiger partial charge in [-0.05, 0) is 47.6 Å². The second kappa shape index (κ2) is 6.60. The van der Waals surface area contributed by atoms with Gasteiger partial charge in [-0.1, -0.05) is 13.8 Å². The molecule has 21 heavy (non-hydrogen) atoms. The lowest BCUT2D eigenvalue weighted by Crippen LogP contribution is -2.40. The van der Waals surface area contributed by atoms with E-state index in [-0.39, 0.29) is 17.6 Å². The Labute approximate surface area is 133 Å². The number of benzene rings is 1. The Morgan fingerprint density at radius 3 is 2.48 bits per heavy atom. The highest BCUT2D eigenvalue weighted by Crippen LogP contribution is 2.26. The number of rotatable bonds is 6. The van der Waals surface area contributed by atoms with E-state index < -0.39 is 20.7 Å². The van der Waals surface area contributed by atoms with Crippen LogP contribution in [-0.2, 0) is 10.0 Å². The lowest BCUT2D eigenvalue weighted by molar-refractivity contribution is 0.242. The van der Waals surface area contributed by atoms with Crippen molar-refractivity contribution in [2.45, 2.75) is 18.7 Å². The van der Waals surface area contributed by atoms with Crippen molar-refractivity contribution in [2.75, 3.05) is 32.9 Å². The van der Waals surface area contributed by atoms with Gasteiger partial charge in [0.25, 0.3) is 0 Å². The highest BCUT2D eigenvalue weighted by molar-refractivity contribution is 9.10. The monoisotopic (exact) mass is 381 g/mol. The van der Waals surface area contributed by atoms with Crippen LogP contribution in [0.5, 0.6) is 0 Å². The minimum atomic E-state index is -3.94. The van der Waals surface area contributed by atoms with Gasteiger partial charge in [0.2, 0.25) is 10.0 Å². The van der Waals surface area contributed by atoms with E-state index in [2.05, 4.69) is 20.7 Å². The standard InChI is InChI=1S/C13H21BrFN3O2S/c1-13(2,8-18(3)4)7-17-21(19,20)12-6-11(16)9(14)5-10(12)15/h5-6,17H,7-8,16H2,1-4H3. The summed E-state index contributed by atoms with van der Waals surface area (Å²) in [7, 11) is -0.127. The average Bonchev–Trinajstić information content (AvgIpc) is 2.30. The van der Waals surface area contributed by atoms with Crippen LogP contribution in [0.3, 0.4) is 0 Å². The molecule has 0 heterocycles. The van der Waals surface area contributed by atoms with Gasteiger partial charge in [0.15, 0.2) is 0 Å². The Hall–Kier alpha value is -0.700. The van der Waals surface area contributed by atoms with Gasteiger partial charge in [0, 0.05) is 23.2 Å². The van der Waals surface area contributed by atoms with Gasteiger partial charge < -0.3 is 10.6 Å². The van der Waals surface area contributed by atoms with Gasteiger partial charge in [0.05, 0.1) is 0 Å². The number of sulfonamides is 1. The number of nitrogens with one attached hydrogen (secondary N) is 1. The summed E-state index contributed by atoms with van der Waals surface area (Å²) in [5.41, 5.74) is 5.51. The SMILES string of the molecule is CN(C)CC(C)(C)CNS(=O)(=O)c1cc(N)c(Br)cc1F. The van der Waals surface area contributed by atoms with Crippen molar-refractivity contribution in [1.82, 2.24) is 9.62 Å². The molecule has 1 aromatic carbocycles. The van der Waals surface area contributed by atoms with Crippen LogP contribution in [0.1, 0.15) is 13.8 Å². The molecule has 8 heteroatoms. The summed E-state index contributed by atoms with van der Waals surface area (Å²) >= 11 is 3.06. The maximum Gasteiger partial charge on any atom is 0.243 e. The minimum Gasteiger partial charge on any atom is -0.398 e. The molecule has 0 unspecified atom stereocenters. The first kappa shape index (κ1) is 18.3. The van der Waals surface area contributed by atoms with Crippen molar-refractivity contribution in [2.24, 2.45) is 5.41 Å². The van der Waals surface area contributed by atoms with Gasteiger partial charge >= 0.3 is 0 Å². The first-order valence-corrected chi connectivity index (χ1v) is 8.61. The first-order valence-electron chi connectivity index (χ1n) is 6.33. The summed E-state index contributed by atoms with van der Waals surface area (Å²) < 4.78 is 41.0. The van der Waals surface area contributed by atoms with E-state index in [1.807, 2.05) is 32.8 Å². The maximum absolute atomic E-state index is 13.8. The quantitative estimate of drug-likeness (QED) is 0.739. The van der Waals surface area contributed by atoms with Gasteiger partial charge in [0.1, 0.15) is 10.7 Å². The third-order valence-electron chi connectivity index (χ3n) is 2.83. The second-order valence-corrected chi connectivity index (χ2v) is 8.62. The minimum absolute atomic E-state index is 0.171. The fraction of sp³-hybridized carbons (Fsp3) is 0.538. The molecule has 1 aromatic rings. The van der Waals surface area contributed by atoms with Crippen LogP contribution in [-0.4, -0.2) is 40.5 Å². The van der Waals surface area contributed by atoms with E-state index in [4.69, 9.17) is 5.73 Å². The average molecular weight is 382 g/mol.